The smallest absolute Gasteiger partial charge is 0.229 e. The summed E-state index contributed by atoms with van der Waals surface area (Å²) in [5, 5.41) is 11.1. The molecule has 1 aromatic carbocycles. The number of aryl methyl sites for hydroxylation is 1. The van der Waals surface area contributed by atoms with Gasteiger partial charge in [-0.15, -0.1) is 0 Å². The summed E-state index contributed by atoms with van der Waals surface area (Å²) in [6.45, 7) is 2.14. The maximum Gasteiger partial charge on any atom is 0.229 e. The van der Waals surface area contributed by atoms with Crippen LogP contribution >= 0.6 is 11.5 Å². The second kappa shape index (κ2) is 4.15. The third-order valence-corrected chi connectivity index (χ3v) is 2.42. The fourth-order valence-corrected chi connectivity index (χ4v) is 1.52. The summed E-state index contributed by atoms with van der Waals surface area (Å²) in [5.41, 5.74) is 2.34. The van der Waals surface area contributed by atoms with Crippen molar-refractivity contribution in [3.05, 3.63) is 29.8 Å². The third kappa shape index (κ3) is 2.05. The van der Waals surface area contributed by atoms with Crippen LogP contribution in [0.4, 0.5) is 10.8 Å². The van der Waals surface area contributed by atoms with Gasteiger partial charge in [0.1, 0.15) is 0 Å². The van der Waals surface area contributed by atoms with E-state index in [9.17, 15) is 0 Å². The van der Waals surface area contributed by atoms with E-state index < -0.39 is 0 Å². The first-order valence-electron chi connectivity index (χ1n) is 4.39. The number of benzene rings is 1. The molecule has 0 aliphatic rings. The molecule has 1 heterocycles. The lowest BCUT2D eigenvalue weighted by molar-refractivity contribution is 0.961. The predicted molar refractivity (Wildman–Crippen MR) is 56.8 cm³/mol. The average Bonchev–Trinajstić information content (AvgIpc) is 2.72. The van der Waals surface area contributed by atoms with E-state index in [0.29, 0.717) is 5.13 Å². The molecule has 0 aliphatic heterocycles. The molecule has 1 aromatic heterocycles. The first-order valence-corrected chi connectivity index (χ1v) is 5.17. The van der Waals surface area contributed by atoms with E-state index in [2.05, 4.69) is 39.2 Å². The summed E-state index contributed by atoms with van der Waals surface area (Å²) in [6.07, 6.45) is 1.06. The van der Waals surface area contributed by atoms with Gasteiger partial charge in [0, 0.05) is 17.2 Å². The highest BCUT2D eigenvalue weighted by Crippen LogP contribution is 2.16. The topological polar surface area (TPSA) is 50.7 Å². The quantitative estimate of drug-likeness (QED) is 0.836. The van der Waals surface area contributed by atoms with Crippen LogP contribution in [0.1, 0.15) is 12.5 Å². The van der Waals surface area contributed by atoms with Gasteiger partial charge in [0.05, 0.1) is 0 Å². The molecule has 0 spiro atoms. The fraction of sp³-hybridized carbons (Fsp3) is 0.222. The summed E-state index contributed by atoms with van der Waals surface area (Å²) >= 11 is 1.24. The Bertz CT molecular complexity index is 382. The molecule has 0 aliphatic carbocycles. The van der Waals surface area contributed by atoms with Gasteiger partial charge in [-0.25, -0.2) is 0 Å². The molecule has 2 aromatic rings. The molecule has 0 saturated heterocycles. The van der Waals surface area contributed by atoms with Gasteiger partial charge in [0.15, 0.2) is 0 Å². The lowest BCUT2D eigenvalue weighted by Gasteiger charge is -2.01. The van der Waals surface area contributed by atoms with Crippen LogP contribution in [0.2, 0.25) is 0 Å². The molecule has 14 heavy (non-hydrogen) atoms. The Morgan fingerprint density at radius 2 is 2.07 bits per heavy atom. The second-order valence-corrected chi connectivity index (χ2v) is 3.58. The van der Waals surface area contributed by atoms with Crippen LogP contribution < -0.4 is 5.32 Å². The number of anilines is 2. The van der Waals surface area contributed by atoms with Gasteiger partial charge in [-0.3, -0.25) is 0 Å². The lowest BCUT2D eigenvalue weighted by atomic mass is 10.1. The molecule has 0 bridgehead atoms. The van der Waals surface area contributed by atoms with Gasteiger partial charge in [0.25, 0.3) is 0 Å². The Kier molecular flexibility index (Phi) is 2.69. The molecular formula is C9H10N4S. The second-order valence-electron chi connectivity index (χ2n) is 2.84. The van der Waals surface area contributed by atoms with E-state index in [1.807, 2.05) is 12.1 Å². The molecule has 0 radical (unpaired) electrons. The molecule has 1 N–H and O–H groups in total. The largest absolute Gasteiger partial charge is 0.329 e. The van der Waals surface area contributed by atoms with Crippen LogP contribution in [0, 0.1) is 0 Å². The Hall–Kier alpha value is -1.49. The van der Waals surface area contributed by atoms with Crippen LogP contribution in [0.25, 0.3) is 0 Å². The molecule has 72 valence electrons. The number of nitrogens with zero attached hydrogens (tertiary/aromatic N) is 3. The summed E-state index contributed by atoms with van der Waals surface area (Å²) in [6, 6.07) is 8.24. The number of aromatic nitrogens is 3. The zero-order chi connectivity index (χ0) is 9.80. The number of nitrogens with one attached hydrogen (secondary N) is 1. The normalized spacial score (nSPS) is 10.1. The van der Waals surface area contributed by atoms with Crippen molar-refractivity contribution in [1.82, 2.24) is 14.8 Å². The van der Waals surface area contributed by atoms with E-state index in [4.69, 9.17) is 0 Å². The number of rotatable bonds is 3. The SMILES string of the molecule is CCc1ccc(Nc2nnns2)cc1. The molecule has 0 saturated carbocycles. The minimum absolute atomic E-state index is 0.717. The molecule has 0 atom stereocenters. The third-order valence-electron chi connectivity index (χ3n) is 1.91. The van der Waals surface area contributed by atoms with E-state index in [1.165, 1.54) is 17.1 Å². The zero-order valence-corrected chi connectivity index (χ0v) is 8.58. The van der Waals surface area contributed by atoms with Crippen LogP contribution in [0.5, 0.6) is 0 Å². The summed E-state index contributed by atoms with van der Waals surface area (Å²) < 4.78 is 3.67. The van der Waals surface area contributed by atoms with Gasteiger partial charge < -0.3 is 5.32 Å². The van der Waals surface area contributed by atoms with Crippen LogP contribution in [-0.4, -0.2) is 14.8 Å². The highest BCUT2D eigenvalue weighted by Gasteiger charge is 1.97. The van der Waals surface area contributed by atoms with Gasteiger partial charge in [-0.1, -0.05) is 28.6 Å². The number of hydrogen-bond acceptors (Lipinski definition) is 5. The van der Waals surface area contributed by atoms with Crippen molar-refractivity contribution in [2.45, 2.75) is 13.3 Å². The van der Waals surface area contributed by atoms with Crippen LogP contribution in [-0.2, 0) is 6.42 Å². The fourth-order valence-electron chi connectivity index (χ4n) is 1.13. The summed E-state index contributed by atoms with van der Waals surface area (Å²) in [5.74, 6) is 0. The molecular weight excluding hydrogens is 196 g/mol. The highest BCUT2D eigenvalue weighted by molar-refractivity contribution is 7.09. The van der Waals surface area contributed by atoms with Crippen molar-refractivity contribution in [1.29, 1.82) is 0 Å². The zero-order valence-electron chi connectivity index (χ0n) is 7.77. The molecule has 4 nitrogen and oxygen atoms in total. The van der Waals surface area contributed by atoms with Gasteiger partial charge in [0.2, 0.25) is 5.13 Å². The maximum absolute atomic E-state index is 3.80. The van der Waals surface area contributed by atoms with E-state index in [0.717, 1.165) is 12.1 Å². The minimum atomic E-state index is 0.717. The van der Waals surface area contributed by atoms with Crippen LogP contribution in [0.15, 0.2) is 24.3 Å². The van der Waals surface area contributed by atoms with Crippen LogP contribution in [0.3, 0.4) is 0 Å². The van der Waals surface area contributed by atoms with Crippen molar-refractivity contribution in [2.75, 3.05) is 5.32 Å². The first kappa shape index (κ1) is 9.08. The first-order chi connectivity index (χ1) is 6.88. The van der Waals surface area contributed by atoms with Gasteiger partial charge in [-0.05, 0) is 29.3 Å². The van der Waals surface area contributed by atoms with Gasteiger partial charge >= 0.3 is 0 Å². The van der Waals surface area contributed by atoms with Crippen molar-refractivity contribution in [3.8, 4) is 0 Å². The molecule has 2 rings (SSSR count). The minimum Gasteiger partial charge on any atom is -0.329 e. The number of hydrogen-bond donors (Lipinski definition) is 1. The van der Waals surface area contributed by atoms with Gasteiger partial charge in [-0.2, -0.15) is 0 Å². The van der Waals surface area contributed by atoms with E-state index >= 15 is 0 Å². The Morgan fingerprint density at radius 1 is 1.29 bits per heavy atom. The lowest BCUT2D eigenvalue weighted by Crippen LogP contribution is -1.89. The Balaban J connectivity index is 2.10. The Morgan fingerprint density at radius 3 is 2.64 bits per heavy atom. The summed E-state index contributed by atoms with van der Waals surface area (Å²) in [7, 11) is 0. The highest BCUT2D eigenvalue weighted by atomic mass is 32.1. The molecule has 5 heteroatoms. The van der Waals surface area contributed by atoms with E-state index in [1.54, 1.807) is 0 Å². The van der Waals surface area contributed by atoms with Crippen molar-refractivity contribution in [2.24, 2.45) is 0 Å². The predicted octanol–water partition coefficient (Wildman–Crippen LogP) is 2.24. The van der Waals surface area contributed by atoms with Crippen molar-refractivity contribution >= 4 is 22.4 Å². The summed E-state index contributed by atoms with van der Waals surface area (Å²) in [4.78, 5) is 0. The van der Waals surface area contributed by atoms with Crippen molar-refractivity contribution in [3.63, 3.8) is 0 Å². The molecule has 0 unspecified atom stereocenters. The average molecular weight is 206 g/mol. The standard InChI is InChI=1S/C9H10N4S/c1-2-7-3-5-8(6-4-7)10-9-11-12-13-14-9/h3-6H,2H2,1H3,(H,10,11,13). The maximum atomic E-state index is 3.80. The van der Waals surface area contributed by atoms with E-state index in [-0.39, 0.29) is 0 Å². The Labute approximate surface area is 86.1 Å². The monoisotopic (exact) mass is 206 g/mol. The van der Waals surface area contributed by atoms with Crippen molar-refractivity contribution < 1.29 is 0 Å². The molecule has 0 fully saturated rings. The molecule has 0 amide bonds.